The van der Waals surface area contributed by atoms with Crippen molar-refractivity contribution in [1.82, 2.24) is 15.1 Å². The summed E-state index contributed by atoms with van der Waals surface area (Å²) in [5, 5.41) is 8.20. The molecule has 1 atom stereocenters. The Morgan fingerprint density at radius 2 is 1.90 bits per heavy atom. The number of amides is 1. The maximum absolute atomic E-state index is 13.0. The van der Waals surface area contributed by atoms with Crippen molar-refractivity contribution in [2.75, 3.05) is 12.8 Å². The van der Waals surface area contributed by atoms with Crippen molar-refractivity contribution in [3.05, 3.63) is 70.3 Å². The Kier molecular flexibility index (Phi) is 7.27. The Balaban J connectivity index is 1.49. The number of hydrogen-bond donors (Lipinski definition) is 0. The Bertz CT molecular complexity index is 950. The summed E-state index contributed by atoms with van der Waals surface area (Å²) in [4.78, 5) is 14.0. The van der Waals surface area contributed by atoms with Crippen LogP contribution < -0.4 is 4.74 Å². The van der Waals surface area contributed by atoms with Gasteiger partial charge < -0.3 is 14.1 Å². The zero-order valence-electron chi connectivity index (χ0n) is 15.8. The van der Waals surface area contributed by atoms with Gasteiger partial charge in [0.1, 0.15) is 11.6 Å². The van der Waals surface area contributed by atoms with E-state index in [2.05, 4.69) is 26.1 Å². The monoisotopic (exact) mass is 479 g/mol. The van der Waals surface area contributed by atoms with Gasteiger partial charge in [0.25, 0.3) is 11.1 Å². The highest BCUT2D eigenvalue weighted by Crippen LogP contribution is 2.24. The van der Waals surface area contributed by atoms with Crippen LogP contribution in [-0.2, 0) is 11.3 Å². The average Bonchev–Trinajstić information content (AvgIpc) is 3.19. The molecule has 0 aliphatic carbocycles. The molecule has 3 rings (SSSR count). The van der Waals surface area contributed by atoms with Crippen LogP contribution >= 0.6 is 27.7 Å². The van der Waals surface area contributed by atoms with E-state index < -0.39 is 6.10 Å². The molecule has 0 fully saturated rings. The van der Waals surface area contributed by atoms with Crippen molar-refractivity contribution in [3.8, 4) is 5.75 Å². The maximum atomic E-state index is 13.0. The van der Waals surface area contributed by atoms with E-state index in [0.717, 1.165) is 10.0 Å². The summed E-state index contributed by atoms with van der Waals surface area (Å²) in [5.74, 6) is 0.579. The first-order chi connectivity index (χ1) is 13.9. The zero-order chi connectivity index (χ0) is 20.8. The second-order valence-corrected chi connectivity index (χ2v) is 8.13. The van der Waals surface area contributed by atoms with Crippen LogP contribution in [0.2, 0.25) is 0 Å². The lowest BCUT2D eigenvalue weighted by atomic mass is 10.2. The summed E-state index contributed by atoms with van der Waals surface area (Å²) in [7, 11) is 1.75. The van der Waals surface area contributed by atoms with E-state index in [9.17, 15) is 9.18 Å². The molecule has 29 heavy (non-hydrogen) atoms. The van der Waals surface area contributed by atoms with Crippen LogP contribution in [0.4, 0.5) is 4.39 Å². The minimum atomic E-state index is -0.502. The molecule has 1 aromatic heterocycles. The van der Waals surface area contributed by atoms with Gasteiger partial charge in [-0.15, -0.1) is 10.2 Å². The number of ether oxygens (including phenoxy) is 1. The number of thioether (sulfide) groups is 1. The molecular weight excluding hydrogens is 461 g/mol. The number of hydrogen-bond acceptors (Lipinski definition) is 6. The lowest BCUT2D eigenvalue weighted by Gasteiger charge is -2.16. The van der Waals surface area contributed by atoms with Crippen molar-refractivity contribution in [1.29, 1.82) is 0 Å². The molecule has 152 valence electrons. The van der Waals surface area contributed by atoms with E-state index in [-0.39, 0.29) is 23.4 Å². The molecule has 0 bridgehead atoms. The van der Waals surface area contributed by atoms with E-state index in [4.69, 9.17) is 9.15 Å². The smallest absolute Gasteiger partial charge is 0.277 e. The molecule has 0 saturated carbocycles. The van der Waals surface area contributed by atoms with Gasteiger partial charge >= 0.3 is 0 Å². The fraction of sp³-hybridized carbons (Fsp3) is 0.250. The van der Waals surface area contributed by atoms with Gasteiger partial charge in [-0.2, -0.15) is 0 Å². The van der Waals surface area contributed by atoms with Crippen LogP contribution in [0, 0.1) is 5.82 Å². The number of carbonyl (C=O) groups is 1. The molecule has 1 heterocycles. The summed E-state index contributed by atoms with van der Waals surface area (Å²) in [5.41, 5.74) is 1.04. The molecule has 0 saturated heterocycles. The van der Waals surface area contributed by atoms with E-state index in [0.29, 0.717) is 17.5 Å². The second-order valence-electron chi connectivity index (χ2n) is 6.29. The molecule has 2 aromatic carbocycles. The SMILES string of the molecule is C[C@@H](Oc1ccc(F)cc1)c1nnc(SCC(=O)N(C)Cc2ccc(Br)cc2)o1. The van der Waals surface area contributed by atoms with Gasteiger partial charge in [-0.3, -0.25) is 4.79 Å². The lowest BCUT2D eigenvalue weighted by molar-refractivity contribution is -0.127. The van der Waals surface area contributed by atoms with Gasteiger partial charge in [0.15, 0.2) is 6.10 Å². The molecule has 0 unspecified atom stereocenters. The quantitative estimate of drug-likeness (QED) is 0.429. The standard InChI is InChI=1S/C20H19BrFN3O3S/c1-13(27-17-9-7-16(22)8-10-17)19-23-24-20(28-19)29-12-18(26)25(2)11-14-3-5-15(21)6-4-14/h3-10,13H,11-12H2,1-2H3/t13-/m1/s1. The van der Waals surface area contributed by atoms with E-state index >= 15 is 0 Å². The highest BCUT2D eigenvalue weighted by Gasteiger charge is 2.18. The highest BCUT2D eigenvalue weighted by molar-refractivity contribution is 9.10. The van der Waals surface area contributed by atoms with E-state index in [1.807, 2.05) is 24.3 Å². The summed E-state index contributed by atoms with van der Waals surface area (Å²) in [6, 6.07) is 13.5. The second kappa shape index (κ2) is 9.89. The zero-order valence-corrected chi connectivity index (χ0v) is 18.2. The number of benzene rings is 2. The molecule has 3 aromatic rings. The van der Waals surface area contributed by atoms with Crippen LogP contribution in [0.15, 0.2) is 62.6 Å². The fourth-order valence-corrected chi connectivity index (χ4v) is 3.37. The highest BCUT2D eigenvalue weighted by atomic mass is 79.9. The Hall–Kier alpha value is -2.39. The molecule has 6 nitrogen and oxygen atoms in total. The molecular formula is C20H19BrFN3O3S. The third-order valence-corrected chi connectivity index (χ3v) is 5.31. The van der Waals surface area contributed by atoms with Crippen LogP contribution in [0.25, 0.3) is 0 Å². The van der Waals surface area contributed by atoms with Crippen molar-refractivity contribution in [2.45, 2.75) is 24.8 Å². The van der Waals surface area contributed by atoms with Crippen LogP contribution in [0.1, 0.15) is 24.5 Å². The van der Waals surface area contributed by atoms with Gasteiger partial charge in [0.2, 0.25) is 5.91 Å². The first-order valence-electron chi connectivity index (χ1n) is 8.77. The number of aromatic nitrogens is 2. The Morgan fingerprint density at radius 1 is 1.21 bits per heavy atom. The predicted molar refractivity (Wildman–Crippen MR) is 111 cm³/mol. The number of halogens is 2. The number of carbonyl (C=O) groups excluding carboxylic acids is 1. The molecule has 0 aliphatic rings. The first kappa shape index (κ1) is 21.3. The third-order valence-electron chi connectivity index (χ3n) is 3.97. The molecule has 9 heteroatoms. The molecule has 0 radical (unpaired) electrons. The largest absolute Gasteiger partial charge is 0.481 e. The van der Waals surface area contributed by atoms with Crippen molar-refractivity contribution in [3.63, 3.8) is 0 Å². The Labute approximate surface area is 180 Å². The topological polar surface area (TPSA) is 68.5 Å². The Morgan fingerprint density at radius 3 is 2.59 bits per heavy atom. The van der Waals surface area contributed by atoms with Gasteiger partial charge in [0.05, 0.1) is 5.75 Å². The normalized spacial score (nSPS) is 11.9. The minimum Gasteiger partial charge on any atom is -0.481 e. The maximum Gasteiger partial charge on any atom is 0.277 e. The molecule has 0 spiro atoms. The van der Waals surface area contributed by atoms with Gasteiger partial charge in [-0.25, -0.2) is 4.39 Å². The summed E-state index contributed by atoms with van der Waals surface area (Å²) in [6.45, 7) is 2.27. The van der Waals surface area contributed by atoms with Crippen molar-refractivity contribution in [2.24, 2.45) is 0 Å². The summed E-state index contributed by atoms with van der Waals surface area (Å²) in [6.07, 6.45) is -0.502. The van der Waals surface area contributed by atoms with Crippen LogP contribution in [-0.4, -0.2) is 33.8 Å². The number of nitrogens with zero attached hydrogens (tertiary/aromatic N) is 3. The van der Waals surface area contributed by atoms with Crippen molar-refractivity contribution < 1.29 is 18.3 Å². The van der Waals surface area contributed by atoms with E-state index in [1.54, 1.807) is 18.9 Å². The van der Waals surface area contributed by atoms with Crippen molar-refractivity contribution >= 4 is 33.6 Å². The first-order valence-corrected chi connectivity index (χ1v) is 10.6. The number of rotatable bonds is 8. The average molecular weight is 480 g/mol. The van der Waals surface area contributed by atoms with E-state index in [1.165, 1.54) is 36.0 Å². The summed E-state index contributed by atoms with van der Waals surface area (Å²) >= 11 is 4.57. The fourth-order valence-electron chi connectivity index (χ4n) is 2.40. The van der Waals surface area contributed by atoms with Gasteiger partial charge in [0, 0.05) is 18.1 Å². The minimum absolute atomic E-state index is 0.0479. The predicted octanol–water partition coefficient (Wildman–Crippen LogP) is 4.86. The summed E-state index contributed by atoms with van der Waals surface area (Å²) < 4.78 is 25.2. The molecule has 1 amide bonds. The third kappa shape index (κ3) is 6.30. The lowest BCUT2D eigenvalue weighted by Crippen LogP contribution is -2.27. The van der Waals surface area contributed by atoms with Crippen LogP contribution in [0.5, 0.6) is 5.75 Å². The van der Waals surface area contributed by atoms with Gasteiger partial charge in [-0.05, 0) is 48.9 Å². The molecule has 0 N–H and O–H groups in total. The van der Waals surface area contributed by atoms with Gasteiger partial charge in [-0.1, -0.05) is 39.8 Å². The van der Waals surface area contributed by atoms with Crippen LogP contribution in [0.3, 0.4) is 0 Å². The molecule has 0 aliphatic heterocycles.